The summed E-state index contributed by atoms with van der Waals surface area (Å²) in [5.41, 5.74) is 8.55. The van der Waals surface area contributed by atoms with E-state index in [4.69, 9.17) is 5.73 Å². The van der Waals surface area contributed by atoms with Gasteiger partial charge < -0.3 is 11.1 Å². The molecule has 1 aliphatic rings. The second-order valence-corrected chi connectivity index (χ2v) is 7.89. The fourth-order valence-corrected chi connectivity index (χ4v) is 4.22. The fraction of sp³-hybridized carbons (Fsp3) is 0.450. The molecule has 144 valence electrons. The average Bonchev–Trinajstić information content (AvgIpc) is 3.15. The molecule has 1 aliphatic heterocycles. The molecular formula is C20H26N4O2S. The number of likely N-dealkylation sites (tertiary alicyclic amines) is 1. The third kappa shape index (κ3) is 5.37. The van der Waals surface area contributed by atoms with Gasteiger partial charge in [-0.25, -0.2) is 0 Å². The van der Waals surface area contributed by atoms with Gasteiger partial charge in [-0.05, 0) is 73.3 Å². The zero-order valence-electron chi connectivity index (χ0n) is 15.6. The van der Waals surface area contributed by atoms with E-state index >= 15 is 0 Å². The normalized spacial score (nSPS) is 16.8. The predicted molar refractivity (Wildman–Crippen MR) is 106 cm³/mol. The summed E-state index contributed by atoms with van der Waals surface area (Å²) in [5.74, 6) is -0.315. The molecule has 3 N–H and O–H groups in total. The number of aryl methyl sites for hydroxylation is 1. The molecule has 1 atom stereocenters. The number of thiophene rings is 1. The molecular weight excluding hydrogens is 360 g/mol. The van der Waals surface area contributed by atoms with Crippen molar-refractivity contribution in [3.05, 3.63) is 52.0 Å². The summed E-state index contributed by atoms with van der Waals surface area (Å²) in [4.78, 5) is 30.6. The van der Waals surface area contributed by atoms with Crippen LogP contribution in [0.25, 0.3) is 0 Å². The lowest BCUT2D eigenvalue weighted by atomic mass is 9.96. The molecule has 2 aromatic heterocycles. The van der Waals surface area contributed by atoms with Crippen LogP contribution in [0.4, 0.5) is 0 Å². The highest BCUT2D eigenvalue weighted by molar-refractivity contribution is 7.07. The standard InChI is InChI=1S/C20H26N4O2S/c1-14-3-2-7-22-19(14)17(11-15-6-10-27-13-15)23-18(25)12-24-8-4-16(5-9-24)20(21)26/h2-3,6-7,10,13,16-17H,4-5,8-9,11-12H2,1H3,(H2,21,26)(H,23,25). The third-order valence-electron chi connectivity index (χ3n) is 5.09. The Bertz CT molecular complexity index is 770. The molecule has 0 aromatic carbocycles. The Labute approximate surface area is 163 Å². The number of carbonyl (C=O) groups excluding carboxylic acids is 2. The van der Waals surface area contributed by atoms with Gasteiger partial charge in [0.2, 0.25) is 11.8 Å². The van der Waals surface area contributed by atoms with Gasteiger partial charge in [0.15, 0.2) is 0 Å². The van der Waals surface area contributed by atoms with Gasteiger partial charge in [-0.3, -0.25) is 19.5 Å². The quantitative estimate of drug-likeness (QED) is 0.762. The van der Waals surface area contributed by atoms with Crippen molar-refractivity contribution in [2.24, 2.45) is 11.7 Å². The van der Waals surface area contributed by atoms with Gasteiger partial charge >= 0.3 is 0 Å². The fourth-order valence-electron chi connectivity index (χ4n) is 3.54. The molecule has 0 spiro atoms. The average molecular weight is 387 g/mol. The van der Waals surface area contributed by atoms with E-state index in [0.717, 1.165) is 43.6 Å². The molecule has 2 aromatic rings. The van der Waals surface area contributed by atoms with Gasteiger partial charge in [0.25, 0.3) is 0 Å². The minimum atomic E-state index is -0.236. The summed E-state index contributed by atoms with van der Waals surface area (Å²) >= 11 is 1.65. The number of piperidine rings is 1. The Morgan fingerprint density at radius 3 is 2.78 bits per heavy atom. The number of amides is 2. The first-order valence-corrected chi connectivity index (χ1v) is 10.2. The molecule has 7 heteroatoms. The minimum Gasteiger partial charge on any atom is -0.369 e. The number of carbonyl (C=O) groups is 2. The smallest absolute Gasteiger partial charge is 0.234 e. The highest BCUT2D eigenvalue weighted by Crippen LogP contribution is 2.21. The Kier molecular flexibility index (Phi) is 6.58. The largest absolute Gasteiger partial charge is 0.369 e. The zero-order valence-corrected chi connectivity index (χ0v) is 16.4. The summed E-state index contributed by atoms with van der Waals surface area (Å²) < 4.78 is 0. The van der Waals surface area contributed by atoms with Crippen molar-refractivity contribution in [3.8, 4) is 0 Å². The molecule has 0 bridgehead atoms. The molecule has 3 heterocycles. The summed E-state index contributed by atoms with van der Waals surface area (Å²) in [6.07, 6.45) is 3.93. The van der Waals surface area contributed by atoms with Gasteiger partial charge in [-0.2, -0.15) is 11.3 Å². The summed E-state index contributed by atoms with van der Waals surface area (Å²) in [7, 11) is 0. The van der Waals surface area contributed by atoms with E-state index in [1.165, 1.54) is 5.56 Å². The molecule has 3 rings (SSSR count). The highest BCUT2D eigenvalue weighted by atomic mass is 32.1. The predicted octanol–water partition coefficient (Wildman–Crippen LogP) is 2.05. The minimum absolute atomic E-state index is 0.0159. The van der Waals surface area contributed by atoms with Crippen LogP contribution in [-0.2, 0) is 16.0 Å². The van der Waals surface area contributed by atoms with E-state index in [1.54, 1.807) is 17.5 Å². The van der Waals surface area contributed by atoms with Gasteiger partial charge in [-0.15, -0.1) is 0 Å². The molecule has 0 radical (unpaired) electrons. The molecule has 0 saturated carbocycles. The van der Waals surface area contributed by atoms with E-state index in [2.05, 4.69) is 26.6 Å². The Morgan fingerprint density at radius 1 is 1.37 bits per heavy atom. The molecule has 1 fully saturated rings. The van der Waals surface area contributed by atoms with E-state index in [-0.39, 0.29) is 23.8 Å². The van der Waals surface area contributed by atoms with Crippen LogP contribution in [0.5, 0.6) is 0 Å². The second kappa shape index (κ2) is 9.10. The number of nitrogens with one attached hydrogen (secondary N) is 1. The maximum atomic E-state index is 12.7. The molecule has 6 nitrogen and oxygen atoms in total. The first-order chi connectivity index (χ1) is 13.0. The van der Waals surface area contributed by atoms with E-state index in [1.807, 2.05) is 24.4 Å². The van der Waals surface area contributed by atoms with E-state index < -0.39 is 0 Å². The monoisotopic (exact) mass is 386 g/mol. The molecule has 0 aliphatic carbocycles. The highest BCUT2D eigenvalue weighted by Gasteiger charge is 2.25. The van der Waals surface area contributed by atoms with Crippen LogP contribution in [0.15, 0.2) is 35.2 Å². The lowest BCUT2D eigenvalue weighted by Crippen LogP contribution is -2.44. The number of nitrogens with zero attached hydrogens (tertiary/aromatic N) is 2. The van der Waals surface area contributed by atoms with Crippen molar-refractivity contribution in [1.82, 2.24) is 15.2 Å². The Balaban J connectivity index is 1.62. The van der Waals surface area contributed by atoms with Crippen LogP contribution >= 0.6 is 11.3 Å². The second-order valence-electron chi connectivity index (χ2n) is 7.11. The van der Waals surface area contributed by atoms with Gasteiger partial charge in [0.05, 0.1) is 18.3 Å². The van der Waals surface area contributed by atoms with Crippen LogP contribution in [-0.4, -0.2) is 41.3 Å². The third-order valence-corrected chi connectivity index (χ3v) is 5.82. The number of pyridine rings is 1. The maximum Gasteiger partial charge on any atom is 0.234 e. The number of primary amides is 1. The van der Waals surface area contributed by atoms with Crippen molar-refractivity contribution >= 4 is 23.2 Å². The number of nitrogens with two attached hydrogens (primary N) is 1. The van der Waals surface area contributed by atoms with Gasteiger partial charge in [-0.1, -0.05) is 6.07 Å². The Morgan fingerprint density at radius 2 is 2.15 bits per heavy atom. The van der Waals surface area contributed by atoms with Crippen molar-refractivity contribution in [1.29, 1.82) is 0 Å². The van der Waals surface area contributed by atoms with Crippen molar-refractivity contribution in [2.75, 3.05) is 19.6 Å². The molecule has 2 amide bonds. The first-order valence-electron chi connectivity index (χ1n) is 9.26. The maximum absolute atomic E-state index is 12.7. The first kappa shape index (κ1) is 19.5. The van der Waals surface area contributed by atoms with Crippen LogP contribution in [0.3, 0.4) is 0 Å². The SMILES string of the molecule is Cc1cccnc1C(Cc1ccsc1)NC(=O)CN1CCC(C(N)=O)CC1. The van der Waals surface area contributed by atoms with Crippen molar-refractivity contribution in [3.63, 3.8) is 0 Å². The number of aromatic nitrogens is 1. The summed E-state index contributed by atoms with van der Waals surface area (Å²) in [5, 5.41) is 7.31. The van der Waals surface area contributed by atoms with Crippen LogP contribution in [0, 0.1) is 12.8 Å². The Hall–Kier alpha value is -2.25. The van der Waals surface area contributed by atoms with Crippen molar-refractivity contribution in [2.45, 2.75) is 32.2 Å². The number of hydrogen-bond donors (Lipinski definition) is 2. The zero-order chi connectivity index (χ0) is 19.2. The van der Waals surface area contributed by atoms with E-state index in [9.17, 15) is 9.59 Å². The van der Waals surface area contributed by atoms with Gasteiger partial charge in [0.1, 0.15) is 0 Å². The summed E-state index contributed by atoms with van der Waals surface area (Å²) in [6, 6.07) is 5.85. The lowest BCUT2D eigenvalue weighted by Gasteiger charge is -2.30. The van der Waals surface area contributed by atoms with Crippen molar-refractivity contribution < 1.29 is 9.59 Å². The molecule has 1 saturated heterocycles. The van der Waals surface area contributed by atoms with Crippen LogP contribution in [0.2, 0.25) is 0 Å². The van der Waals surface area contributed by atoms with E-state index in [0.29, 0.717) is 6.54 Å². The number of hydrogen-bond acceptors (Lipinski definition) is 5. The molecule has 1 unspecified atom stereocenters. The summed E-state index contributed by atoms with van der Waals surface area (Å²) in [6.45, 7) is 3.79. The van der Waals surface area contributed by atoms with Gasteiger partial charge in [0, 0.05) is 12.1 Å². The van der Waals surface area contributed by atoms with Crippen LogP contribution in [0.1, 0.15) is 35.7 Å². The molecule has 27 heavy (non-hydrogen) atoms. The topological polar surface area (TPSA) is 88.3 Å². The number of rotatable bonds is 7. The van der Waals surface area contributed by atoms with Crippen LogP contribution < -0.4 is 11.1 Å². The lowest BCUT2D eigenvalue weighted by molar-refractivity contribution is -0.124.